The summed E-state index contributed by atoms with van der Waals surface area (Å²) < 4.78 is 33.6. The maximum atomic E-state index is 13.0. The Labute approximate surface area is 186 Å². The van der Waals surface area contributed by atoms with E-state index in [9.17, 15) is 18.4 Å². The normalized spacial score (nSPS) is 16.8. The number of sulfonamides is 1. The van der Waals surface area contributed by atoms with E-state index < -0.39 is 24.4 Å². The summed E-state index contributed by atoms with van der Waals surface area (Å²) in [6, 6.07) is 4.63. The number of amides is 1. The number of carbonyl (C=O) groups excluding carboxylic acids is 1. The van der Waals surface area contributed by atoms with Crippen LogP contribution in [0.1, 0.15) is 38.3 Å². The zero-order valence-electron chi connectivity index (χ0n) is 18.4. The topological polar surface area (TPSA) is 87.2 Å². The van der Waals surface area contributed by atoms with Gasteiger partial charge in [-0.05, 0) is 54.2 Å². The second kappa shape index (κ2) is 9.66. The highest BCUT2D eigenvalue weighted by Gasteiger charge is 2.38. The Morgan fingerprint density at radius 2 is 2.00 bits per heavy atom. The second-order valence-electron chi connectivity index (χ2n) is 9.31. The van der Waals surface area contributed by atoms with Gasteiger partial charge >= 0.3 is 0 Å². The largest absolute Gasteiger partial charge is 0.417 e. The Kier molecular flexibility index (Phi) is 8.15. The molecule has 0 fully saturated rings. The van der Waals surface area contributed by atoms with Gasteiger partial charge in [0.1, 0.15) is 0 Å². The summed E-state index contributed by atoms with van der Waals surface area (Å²) in [7, 11) is -5.72. The number of hydrogen-bond acceptors (Lipinski definition) is 5. The first-order valence-electron chi connectivity index (χ1n) is 10.1. The molecule has 0 radical (unpaired) electrons. The Balaban J connectivity index is 2.07. The molecule has 30 heavy (non-hydrogen) atoms. The Bertz CT molecular complexity index is 857. The van der Waals surface area contributed by atoms with Gasteiger partial charge in [0.15, 0.2) is 8.32 Å². The summed E-state index contributed by atoms with van der Waals surface area (Å²) in [5.41, 5.74) is 1.97. The number of benzene rings is 1. The van der Waals surface area contributed by atoms with Gasteiger partial charge < -0.3 is 4.43 Å². The molecule has 170 valence electrons. The predicted octanol–water partition coefficient (Wildman–Crippen LogP) is 3.66. The van der Waals surface area contributed by atoms with Crippen molar-refractivity contribution in [1.29, 1.82) is 0 Å². The van der Waals surface area contributed by atoms with Gasteiger partial charge in [0.2, 0.25) is 16.4 Å². The third-order valence-corrected chi connectivity index (χ3v) is 12.8. The monoisotopic (exact) mass is 476 g/mol. The zero-order valence-corrected chi connectivity index (χ0v) is 21.0. The van der Waals surface area contributed by atoms with E-state index in [4.69, 9.17) is 16.0 Å². The van der Waals surface area contributed by atoms with Crippen LogP contribution in [0.5, 0.6) is 0 Å². The van der Waals surface area contributed by atoms with Crippen molar-refractivity contribution >= 4 is 36.4 Å². The van der Waals surface area contributed by atoms with Gasteiger partial charge in [-0.2, -0.15) is 4.31 Å². The molecule has 1 atom stereocenters. The predicted molar refractivity (Wildman–Crippen MR) is 121 cm³/mol. The number of hydrogen-bond donors (Lipinski definition) is 1. The molecule has 0 spiro atoms. The van der Waals surface area contributed by atoms with Crippen LogP contribution < -0.4 is 0 Å². The molecule has 0 saturated heterocycles. The van der Waals surface area contributed by atoms with Gasteiger partial charge in [-0.25, -0.2) is 13.5 Å². The van der Waals surface area contributed by atoms with Crippen molar-refractivity contribution in [2.24, 2.45) is 0 Å². The van der Waals surface area contributed by atoms with E-state index in [0.717, 1.165) is 11.1 Å². The number of hydroxylamine groups is 2. The summed E-state index contributed by atoms with van der Waals surface area (Å²) in [6.07, 6.45) is 1.08. The van der Waals surface area contributed by atoms with Crippen LogP contribution in [-0.4, -0.2) is 62.7 Å². The molecule has 1 heterocycles. The summed E-state index contributed by atoms with van der Waals surface area (Å²) in [5, 5.41) is 11.0. The van der Waals surface area contributed by atoms with Gasteiger partial charge in [-0.1, -0.05) is 38.4 Å². The van der Waals surface area contributed by atoms with Gasteiger partial charge in [-0.15, -0.1) is 0 Å². The first kappa shape index (κ1) is 25.3. The molecule has 10 heteroatoms. The molecule has 1 aliphatic heterocycles. The van der Waals surface area contributed by atoms with E-state index in [-0.39, 0.29) is 36.8 Å². The number of nitrogens with zero attached hydrogens (tertiary/aromatic N) is 2. The fourth-order valence-electron chi connectivity index (χ4n) is 3.13. The van der Waals surface area contributed by atoms with Crippen LogP contribution in [-0.2, 0) is 32.2 Å². The van der Waals surface area contributed by atoms with Gasteiger partial charge in [0, 0.05) is 24.7 Å². The molecule has 0 aromatic heterocycles. The molecule has 1 N–H and O–H groups in total. The summed E-state index contributed by atoms with van der Waals surface area (Å²) in [4.78, 5) is 11.1. The van der Waals surface area contributed by atoms with Crippen molar-refractivity contribution in [1.82, 2.24) is 9.37 Å². The van der Waals surface area contributed by atoms with Crippen molar-refractivity contribution in [3.05, 3.63) is 34.3 Å². The van der Waals surface area contributed by atoms with Gasteiger partial charge in [0.05, 0.1) is 11.8 Å². The number of rotatable bonds is 9. The SMILES string of the molecule is CC(C)(C)[Si](C)(C)OCCC(CS(=O)(=O)N1CCc2ccc(Cl)cc2C1)N(O)C=O. The van der Waals surface area contributed by atoms with Gasteiger partial charge in [-0.3, -0.25) is 10.0 Å². The maximum absolute atomic E-state index is 13.0. The first-order chi connectivity index (χ1) is 13.8. The van der Waals surface area contributed by atoms with E-state index in [1.165, 1.54) is 4.31 Å². The van der Waals surface area contributed by atoms with Crippen LogP contribution in [0.4, 0.5) is 0 Å². The van der Waals surface area contributed by atoms with Crippen molar-refractivity contribution in [3.8, 4) is 0 Å². The minimum Gasteiger partial charge on any atom is -0.417 e. The van der Waals surface area contributed by atoms with Crippen LogP contribution in [0.25, 0.3) is 0 Å². The lowest BCUT2D eigenvalue weighted by Gasteiger charge is -2.37. The molecular formula is C20H33ClN2O5SSi. The quantitative estimate of drug-likeness (QED) is 0.254. The van der Waals surface area contributed by atoms with Crippen molar-refractivity contribution in [3.63, 3.8) is 0 Å². The Morgan fingerprint density at radius 3 is 2.60 bits per heavy atom. The highest BCUT2D eigenvalue weighted by Crippen LogP contribution is 2.36. The molecule has 1 unspecified atom stereocenters. The Morgan fingerprint density at radius 1 is 1.33 bits per heavy atom. The number of halogens is 1. The number of fused-ring (bicyclic) bond motifs is 1. The zero-order chi connectivity index (χ0) is 22.7. The first-order valence-corrected chi connectivity index (χ1v) is 15.0. The van der Waals surface area contributed by atoms with Crippen LogP contribution in [0.3, 0.4) is 0 Å². The highest BCUT2D eigenvalue weighted by molar-refractivity contribution is 7.89. The van der Waals surface area contributed by atoms with E-state index in [1.54, 1.807) is 12.1 Å². The van der Waals surface area contributed by atoms with E-state index in [0.29, 0.717) is 23.1 Å². The van der Waals surface area contributed by atoms with Crippen LogP contribution >= 0.6 is 11.6 Å². The lowest BCUT2D eigenvalue weighted by Crippen LogP contribution is -2.46. The molecule has 7 nitrogen and oxygen atoms in total. The summed E-state index contributed by atoms with van der Waals surface area (Å²) >= 11 is 6.05. The third-order valence-electron chi connectivity index (χ3n) is 6.14. The second-order valence-corrected chi connectivity index (χ2v) is 16.6. The molecule has 0 saturated carbocycles. The lowest BCUT2D eigenvalue weighted by atomic mass is 10.0. The van der Waals surface area contributed by atoms with Crippen molar-refractivity contribution in [2.75, 3.05) is 18.9 Å². The van der Waals surface area contributed by atoms with E-state index in [1.807, 2.05) is 6.07 Å². The molecule has 1 amide bonds. The molecule has 0 bridgehead atoms. The standard InChI is InChI=1S/C20H33ClN2O5SSi/c1-20(2,3)30(4,5)28-11-9-19(23(25)15-24)14-29(26,27)22-10-8-16-6-7-18(21)12-17(16)13-22/h6-7,12,15,19,25H,8-11,13-14H2,1-5H3. The van der Waals surface area contributed by atoms with E-state index in [2.05, 4.69) is 33.9 Å². The minimum atomic E-state index is -3.70. The third kappa shape index (κ3) is 6.27. The molecule has 1 aromatic rings. The molecular weight excluding hydrogens is 444 g/mol. The molecule has 2 rings (SSSR count). The fraction of sp³-hybridized carbons (Fsp3) is 0.650. The summed E-state index contributed by atoms with van der Waals surface area (Å²) in [5.74, 6) is -0.362. The maximum Gasteiger partial charge on any atom is 0.233 e. The average molecular weight is 477 g/mol. The molecule has 0 aliphatic carbocycles. The van der Waals surface area contributed by atoms with Crippen LogP contribution in [0.2, 0.25) is 23.2 Å². The van der Waals surface area contributed by atoms with Crippen LogP contribution in [0.15, 0.2) is 18.2 Å². The fourth-order valence-corrected chi connectivity index (χ4v) is 6.11. The van der Waals surface area contributed by atoms with E-state index >= 15 is 0 Å². The average Bonchev–Trinajstić information content (AvgIpc) is 2.64. The summed E-state index contributed by atoms with van der Waals surface area (Å²) in [6.45, 7) is 11.4. The minimum absolute atomic E-state index is 0.0145. The van der Waals surface area contributed by atoms with Crippen LogP contribution in [0, 0.1) is 0 Å². The lowest BCUT2D eigenvalue weighted by molar-refractivity contribution is -0.159. The smallest absolute Gasteiger partial charge is 0.233 e. The number of carbonyl (C=O) groups is 1. The molecule has 1 aromatic carbocycles. The van der Waals surface area contributed by atoms with Crippen molar-refractivity contribution in [2.45, 2.75) is 64.3 Å². The highest BCUT2D eigenvalue weighted by atomic mass is 35.5. The molecule has 1 aliphatic rings. The van der Waals surface area contributed by atoms with Crippen molar-refractivity contribution < 1.29 is 22.8 Å². The Hall–Kier alpha value is -0.973. The van der Waals surface area contributed by atoms with Gasteiger partial charge in [0.25, 0.3) is 0 Å².